The molecule has 0 atom stereocenters. The fraction of sp³-hybridized carbons (Fsp3) is 0.464. The molecule has 40 heavy (non-hydrogen) atoms. The molecule has 3 fully saturated rings. The third kappa shape index (κ3) is 5.29. The maximum atomic E-state index is 14.0. The van der Waals surface area contributed by atoms with Gasteiger partial charge in [0.05, 0.1) is 24.5 Å². The molecule has 8 nitrogen and oxygen atoms in total. The van der Waals surface area contributed by atoms with Gasteiger partial charge in [-0.05, 0) is 42.8 Å². The van der Waals surface area contributed by atoms with Gasteiger partial charge in [-0.1, -0.05) is 0 Å². The zero-order chi connectivity index (χ0) is 27.9. The van der Waals surface area contributed by atoms with Crippen LogP contribution in [0.4, 0.5) is 35.1 Å². The Balaban J connectivity index is 1.27. The third-order valence-electron chi connectivity index (χ3n) is 7.77. The predicted octanol–water partition coefficient (Wildman–Crippen LogP) is 4.67. The molecule has 0 N–H and O–H groups in total. The molecule has 12 heteroatoms. The Labute approximate surface area is 229 Å². The number of piperazine rings is 1. The first kappa shape index (κ1) is 26.7. The minimum absolute atomic E-state index is 0.0564. The summed E-state index contributed by atoms with van der Waals surface area (Å²) in [6.45, 7) is 5.81. The second kappa shape index (κ2) is 10.5. The van der Waals surface area contributed by atoms with Crippen molar-refractivity contribution in [2.24, 2.45) is 0 Å². The van der Waals surface area contributed by atoms with Crippen LogP contribution in [0.5, 0.6) is 0 Å². The molecule has 1 spiro atoms. The van der Waals surface area contributed by atoms with Crippen LogP contribution >= 0.6 is 0 Å². The van der Waals surface area contributed by atoms with E-state index in [-0.39, 0.29) is 11.6 Å². The van der Waals surface area contributed by atoms with Crippen LogP contribution in [0.2, 0.25) is 0 Å². The molecule has 3 aliphatic rings. The second-order valence-corrected chi connectivity index (χ2v) is 10.3. The average molecular weight is 559 g/mol. The van der Waals surface area contributed by atoms with Crippen molar-refractivity contribution >= 4 is 17.6 Å². The van der Waals surface area contributed by atoms with Crippen LogP contribution < -0.4 is 14.7 Å². The lowest BCUT2D eigenvalue weighted by atomic mass is 10.0. The van der Waals surface area contributed by atoms with Crippen LogP contribution in [0, 0.1) is 12.7 Å². The van der Waals surface area contributed by atoms with Crippen molar-refractivity contribution in [1.82, 2.24) is 15.0 Å². The molecular weight excluding hydrogens is 528 g/mol. The smallest absolute Gasteiger partial charge is 0.353 e. The summed E-state index contributed by atoms with van der Waals surface area (Å²) >= 11 is 0. The Bertz CT molecular complexity index is 1360. The maximum Gasteiger partial charge on any atom is 0.419 e. The van der Waals surface area contributed by atoms with E-state index in [0.717, 1.165) is 11.6 Å². The Morgan fingerprint density at radius 1 is 0.850 bits per heavy atom. The number of benzene rings is 1. The monoisotopic (exact) mass is 558 g/mol. The van der Waals surface area contributed by atoms with E-state index in [2.05, 4.69) is 9.88 Å². The van der Waals surface area contributed by atoms with Gasteiger partial charge in [-0.15, -0.1) is 0 Å². The second-order valence-electron chi connectivity index (χ2n) is 10.3. The van der Waals surface area contributed by atoms with Crippen LogP contribution in [-0.2, 0) is 15.7 Å². The molecule has 0 radical (unpaired) electrons. The van der Waals surface area contributed by atoms with Crippen molar-refractivity contribution in [3.63, 3.8) is 0 Å². The highest BCUT2D eigenvalue weighted by molar-refractivity contribution is 5.66. The number of nitrogens with zero attached hydrogens (tertiary/aromatic N) is 6. The standard InChI is InChI=1S/C28H30F4N6O2/c1-19-17-20(4-5-22(19)29)23-18-24(35-26(34-23)38-9-6-27(7-10-38)39-15-16-40-27)36-11-13-37(14-12-36)25-21(28(30,31)32)3-2-8-33-25/h2-5,8,17-18H,6-7,9-16H2,1H3. The normalized spacial score (nSPS) is 19.5. The van der Waals surface area contributed by atoms with Crippen molar-refractivity contribution in [2.45, 2.75) is 31.7 Å². The number of pyridine rings is 1. The fourth-order valence-corrected chi connectivity index (χ4v) is 5.53. The van der Waals surface area contributed by atoms with Gasteiger partial charge in [0.25, 0.3) is 0 Å². The molecule has 6 rings (SSSR count). The molecule has 1 aromatic carbocycles. The lowest BCUT2D eigenvalue weighted by Gasteiger charge is -2.39. The highest BCUT2D eigenvalue weighted by atomic mass is 19.4. The van der Waals surface area contributed by atoms with Crippen LogP contribution in [0.15, 0.2) is 42.6 Å². The summed E-state index contributed by atoms with van der Waals surface area (Å²) < 4.78 is 66.5. The molecule has 0 saturated carbocycles. The first-order valence-corrected chi connectivity index (χ1v) is 13.4. The summed E-state index contributed by atoms with van der Waals surface area (Å²) in [6.07, 6.45) is -1.72. The van der Waals surface area contributed by atoms with Gasteiger partial charge in [0.15, 0.2) is 5.79 Å². The van der Waals surface area contributed by atoms with E-state index in [4.69, 9.17) is 19.4 Å². The van der Waals surface area contributed by atoms with E-state index >= 15 is 0 Å². The van der Waals surface area contributed by atoms with Gasteiger partial charge in [-0.3, -0.25) is 0 Å². The Morgan fingerprint density at radius 2 is 1.55 bits per heavy atom. The van der Waals surface area contributed by atoms with E-state index in [9.17, 15) is 17.6 Å². The summed E-state index contributed by atoms with van der Waals surface area (Å²) in [6, 6.07) is 9.11. The molecule has 5 heterocycles. The highest BCUT2D eigenvalue weighted by Crippen LogP contribution is 2.37. The Morgan fingerprint density at radius 3 is 2.23 bits per heavy atom. The first-order valence-electron chi connectivity index (χ1n) is 13.4. The lowest BCUT2D eigenvalue weighted by Crippen LogP contribution is -2.48. The number of hydrogen-bond acceptors (Lipinski definition) is 8. The Hall–Kier alpha value is -3.51. The van der Waals surface area contributed by atoms with Crippen LogP contribution in [0.3, 0.4) is 0 Å². The predicted molar refractivity (Wildman–Crippen MR) is 142 cm³/mol. The summed E-state index contributed by atoms with van der Waals surface area (Å²) in [7, 11) is 0. The summed E-state index contributed by atoms with van der Waals surface area (Å²) in [5.74, 6) is 0.336. The number of anilines is 3. The number of aromatic nitrogens is 3. The molecule has 2 aromatic heterocycles. The lowest BCUT2D eigenvalue weighted by molar-refractivity contribution is -0.169. The van der Waals surface area contributed by atoms with E-state index in [1.807, 2.05) is 11.0 Å². The number of piperidine rings is 1. The van der Waals surface area contributed by atoms with Gasteiger partial charge in [0.1, 0.15) is 17.5 Å². The van der Waals surface area contributed by atoms with Gasteiger partial charge >= 0.3 is 6.18 Å². The van der Waals surface area contributed by atoms with E-state index < -0.39 is 17.5 Å². The molecule has 3 aliphatic heterocycles. The molecule has 212 valence electrons. The van der Waals surface area contributed by atoms with E-state index in [0.29, 0.717) is 88.3 Å². The summed E-state index contributed by atoms with van der Waals surface area (Å²) in [5.41, 5.74) is 1.20. The molecule has 0 bridgehead atoms. The largest absolute Gasteiger partial charge is 0.419 e. The number of hydrogen-bond donors (Lipinski definition) is 0. The number of aryl methyl sites for hydroxylation is 1. The summed E-state index contributed by atoms with van der Waals surface area (Å²) in [5, 5.41) is 0. The van der Waals surface area contributed by atoms with E-state index in [1.54, 1.807) is 24.0 Å². The molecule has 0 amide bonds. The van der Waals surface area contributed by atoms with Gasteiger partial charge in [0.2, 0.25) is 5.95 Å². The zero-order valence-corrected chi connectivity index (χ0v) is 22.1. The van der Waals surface area contributed by atoms with Crippen LogP contribution in [0.25, 0.3) is 11.3 Å². The van der Waals surface area contributed by atoms with Crippen molar-refractivity contribution in [3.05, 3.63) is 59.5 Å². The maximum absolute atomic E-state index is 14.0. The topological polar surface area (TPSA) is 66.9 Å². The number of halogens is 4. The van der Waals surface area contributed by atoms with Gasteiger partial charge in [0, 0.05) is 69.9 Å². The fourth-order valence-electron chi connectivity index (χ4n) is 5.53. The number of rotatable bonds is 4. The minimum Gasteiger partial charge on any atom is -0.353 e. The number of ether oxygens (including phenoxy) is 2. The van der Waals surface area contributed by atoms with Crippen molar-refractivity contribution < 1.29 is 27.0 Å². The van der Waals surface area contributed by atoms with Crippen molar-refractivity contribution in [3.8, 4) is 11.3 Å². The average Bonchev–Trinajstić information content (AvgIpc) is 3.42. The minimum atomic E-state index is -4.48. The van der Waals surface area contributed by atoms with Crippen molar-refractivity contribution in [1.29, 1.82) is 0 Å². The Kier molecular flexibility index (Phi) is 6.99. The first-order chi connectivity index (χ1) is 19.2. The third-order valence-corrected chi connectivity index (χ3v) is 7.77. The molecule has 3 aromatic rings. The van der Waals surface area contributed by atoms with Gasteiger partial charge < -0.3 is 24.2 Å². The summed E-state index contributed by atoms with van der Waals surface area (Å²) in [4.78, 5) is 19.6. The number of alkyl halides is 3. The molecule has 3 saturated heterocycles. The molecular formula is C28H30F4N6O2. The zero-order valence-electron chi connectivity index (χ0n) is 22.1. The van der Waals surface area contributed by atoms with Crippen molar-refractivity contribution in [2.75, 3.05) is 67.2 Å². The van der Waals surface area contributed by atoms with E-state index in [1.165, 1.54) is 18.3 Å². The van der Waals surface area contributed by atoms with Gasteiger partial charge in [-0.2, -0.15) is 18.2 Å². The van der Waals surface area contributed by atoms with Gasteiger partial charge in [-0.25, -0.2) is 14.4 Å². The van der Waals surface area contributed by atoms with Crippen LogP contribution in [0.1, 0.15) is 24.0 Å². The quantitative estimate of drug-likeness (QED) is 0.428. The van der Waals surface area contributed by atoms with Crippen LogP contribution in [-0.4, -0.2) is 73.2 Å². The molecule has 0 aliphatic carbocycles. The highest BCUT2D eigenvalue weighted by Gasteiger charge is 2.41. The molecule has 0 unspecified atom stereocenters. The SMILES string of the molecule is Cc1cc(-c2cc(N3CCN(c4ncccc4C(F)(F)F)CC3)nc(N3CCC4(CC3)OCCO4)n2)ccc1F.